The van der Waals surface area contributed by atoms with Gasteiger partial charge in [0.25, 0.3) is 0 Å². The average molecular weight is 329 g/mol. The molecule has 25 heavy (non-hydrogen) atoms. The molecule has 1 atom stereocenters. The van der Waals surface area contributed by atoms with Crippen molar-refractivity contribution in [3.05, 3.63) is 120 Å². The molecule has 0 fully saturated rings. The lowest BCUT2D eigenvalue weighted by atomic mass is 10.1. The maximum atomic E-state index is 5.70. The van der Waals surface area contributed by atoms with E-state index in [4.69, 9.17) is 4.74 Å². The van der Waals surface area contributed by atoms with Crippen LogP contribution in [0.1, 0.15) is 22.7 Å². The lowest BCUT2D eigenvalue weighted by Gasteiger charge is -2.16. The van der Waals surface area contributed by atoms with E-state index in [9.17, 15) is 0 Å². The second-order valence-electron chi connectivity index (χ2n) is 5.88. The number of hydrogen-bond acceptors (Lipinski definition) is 2. The van der Waals surface area contributed by atoms with Gasteiger partial charge in [0.05, 0.1) is 12.3 Å². The third kappa shape index (κ3) is 5.63. The molecular weight excluding hydrogens is 306 g/mol. The molecule has 0 aliphatic carbocycles. The number of benzene rings is 3. The van der Waals surface area contributed by atoms with E-state index >= 15 is 0 Å². The normalized spacial score (nSPS) is 12.2. The van der Waals surface area contributed by atoms with Crippen LogP contribution in [0.3, 0.4) is 0 Å². The first-order valence-corrected chi connectivity index (χ1v) is 8.56. The summed E-state index contributed by atoms with van der Waals surface area (Å²) in [6, 6.07) is 31.1. The Balaban J connectivity index is 1.61. The van der Waals surface area contributed by atoms with Gasteiger partial charge in [-0.05, 0) is 22.8 Å². The largest absolute Gasteiger partial charge is 0.497 e. The van der Waals surface area contributed by atoms with Gasteiger partial charge in [0.1, 0.15) is 6.61 Å². The summed E-state index contributed by atoms with van der Waals surface area (Å²) in [7, 11) is 0. The zero-order valence-electron chi connectivity index (χ0n) is 14.2. The maximum Gasteiger partial charge on any atom is 0.112 e. The minimum atomic E-state index is 0.108. The highest BCUT2D eigenvalue weighted by atomic mass is 16.5. The fourth-order valence-corrected chi connectivity index (χ4v) is 2.63. The topological polar surface area (TPSA) is 21.3 Å². The predicted molar refractivity (Wildman–Crippen MR) is 103 cm³/mol. The van der Waals surface area contributed by atoms with Crippen LogP contribution in [0.15, 0.2) is 103 Å². The van der Waals surface area contributed by atoms with Crippen LogP contribution in [0.2, 0.25) is 0 Å². The maximum absolute atomic E-state index is 5.70. The van der Waals surface area contributed by atoms with Crippen LogP contribution in [-0.2, 0) is 17.9 Å². The van der Waals surface area contributed by atoms with Crippen molar-refractivity contribution in [2.45, 2.75) is 19.2 Å². The molecule has 0 saturated carbocycles. The molecule has 0 aromatic heterocycles. The highest BCUT2D eigenvalue weighted by Crippen LogP contribution is 2.15. The number of rotatable bonds is 8. The first kappa shape index (κ1) is 17.0. The van der Waals surface area contributed by atoms with Crippen molar-refractivity contribution >= 4 is 0 Å². The van der Waals surface area contributed by atoms with E-state index in [1.807, 2.05) is 30.3 Å². The molecule has 2 nitrogen and oxygen atoms in total. The zero-order chi connectivity index (χ0) is 17.2. The Kier molecular flexibility index (Phi) is 6.43. The van der Waals surface area contributed by atoms with Gasteiger partial charge in [-0.15, -0.1) is 0 Å². The summed E-state index contributed by atoms with van der Waals surface area (Å²) >= 11 is 0. The molecule has 3 rings (SSSR count). The third-order valence-electron chi connectivity index (χ3n) is 3.99. The van der Waals surface area contributed by atoms with E-state index in [-0.39, 0.29) is 6.04 Å². The molecule has 1 N–H and O–H groups in total. The van der Waals surface area contributed by atoms with E-state index < -0.39 is 0 Å². The Labute approximate surface area is 149 Å². The molecule has 0 spiro atoms. The molecule has 0 radical (unpaired) electrons. The first-order valence-electron chi connectivity index (χ1n) is 8.56. The molecule has 126 valence electrons. The van der Waals surface area contributed by atoms with E-state index in [1.54, 1.807) is 6.26 Å². The van der Waals surface area contributed by atoms with Gasteiger partial charge in [-0.1, -0.05) is 91.0 Å². The lowest BCUT2D eigenvalue weighted by molar-refractivity contribution is 0.234. The molecule has 0 bridgehead atoms. The summed E-state index contributed by atoms with van der Waals surface area (Å²) in [6.07, 6.45) is 3.86. The van der Waals surface area contributed by atoms with Crippen LogP contribution >= 0.6 is 0 Å². The molecule has 2 heteroatoms. The van der Waals surface area contributed by atoms with Crippen molar-refractivity contribution in [1.29, 1.82) is 0 Å². The van der Waals surface area contributed by atoms with E-state index in [1.165, 1.54) is 16.7 Å². The Hall–Kier alpha value is -2.84. The predicted octanol–water partition coefficient (Wildman–Crippen LogP) is 5.25. The minimum Gasteiger partial charge on any atom is -0.497 e. The third-order valence-corrected chi connectivity index (χ3v) is 3.99. The highest BCUT2D eigenvalue weighted by molar-refractivity contribution is 5.23. The molecule has 3 aromatic carbocycles. The van der Waals surface area contributed by atoms with Gasteiger partial charge in [0.2, 0.25) is 0 Å². The van der Waals surface area contributed by atoms with Gasteiger partial charge < -0.3 is 10.1 Å². The van der Waals surface area contributed by atoms with Crippen LogP contribution in [0.4, 0.5) is 0 Å². The Morgan fingerprint density at radius 1 is 0.720 bits per heavy atom. The van der Waals surface area contributed by atoms with Crippen molar-refractivity contribution in [2.75, 3.05) is 0 Å². The van der Waals surface area contributed by atoms with Gasteiger partial charge in [-0.3, -0.25) is 0 Å². The van der Waals surface area contributed by atoms with E-state index in [2.05, 4.69) is 72.1 Å². The molecule has 0 saturated heterocycles. The molecule has 1 unspecified atom stereocenters. The summed E-state index contributed by atoms with van der Waals surface area (Å²) < 4.78 is 5.70. The van der Waals surface area contributed by atoms with Crippen molar-refractivity contribution in [3.63, 3.8) is 0 Å². The molecule has 0 amide bonds. The van der Waals surface area contributed by atoms with E-state index in [0.29, 0.717) is 6.61 Å². The molecule has 0 aliphatic rings. The van der Waals surface area contributed by atoms with Gasteiger partial charge in [0.15, 0.2) is 0 Å². The smallest absolute Gasteiger partial charge is 0.112 e. The summed E-state index contributed by atoms with van der Waals surface area (Å²) in [6.45, 7) is 1.39. The average Bonchev–Trinajstić information content (AvgIpc) is 2.70. The van der Waals surface area contributed by atoms with Crippen molar-refractivity contribution in [2.24, 2.45) is 0 Å². The quantitative estimate of drug-likeness (QED) is 0.570. The fourth-order valence-electron chi connectivity index (χ4n) is 2.63. The van der Waals surface area contributed by atoms with Gasteiger partial charge in [0, 0.05) is 6.54 Å². The lowest BCUT2D eigenvalue weighted by Crippen LogP contribution is -2.19. The second kappa shape index (κ2) is 9.45. The molecule has 0 heterocycles. The van der Waals surface area contributed by atoms with Gasteiger partial charge in [-0.25, -0.2) is 0 Å². The standard InChI is InChI=1S/C23H23NO/c1-4-10-20(11-5-1)18-24-23(22-14-8-3-9-15-22)16-17-25-19-21-12-6-2-7-13-21/h1-17,23-24H,18-19H2/b17-16+. The Morgan fingerprint density at radius 3 is 1.92 bits per heavy atom. The number of nitrogens with one attached hydrogen (secondary N) is 1. The van der Waals surface area contributed by atoms with Crippen LogP contribution < -0.4 is 5.32 Å². The van der Waals surface area contributed by atoms with Crippen molar-refractivity contribution in [1.82, 2.24) is 5.32 Å². The number of hydrogen-bond donors (Lipinski definition) is 1. The highest BCUT2D eigenvalue weighted by Gasteiger charge is 2.07. The van der Waals surface area contributed by atoms with Gasteiger partial charge >= 0.3 is 0 Å². The first-order chi connectivity index (χ1) is 12.4. The molecule has 0 aliphatic heterocycles. The SMILES string of the molecule is C(=C\C(NCc1ccccc1)c1ccccc1)/OCc1ccccc1. The summed E-state index contributed by atoms with van der Waals surface area (Å²) in [5.41, 5.74) is 3.65. The fraction of sp³-hybridized carbons (Fsp3) is 0.130. The second-order valence-corrected chi connectivity index (χ2v) is 5.88. The van der Waals surface area contributed by atoms with Crippen LogP contribution in [0.25, 0.3) is 0 Å². The Morgan fingerprint density at radius 2 is 1.28 bits per heavy atom. The van der Waals surface area contributed by atoms with Crippen molar-refractivity contribution < 1.29 is 4.74 Å². The minimum absolute atomic E-state index is 0.108. The summed E-state index contributed by atoms with van der Waals surface area (Å²) in [4.78, 5) is 0. The monoisotopic (exact) mass is 329 g/mol. The van der Waals surface area contributed by atoms with Crippen LogP contribution in [0.5, 0.6) is 0 Å². The summed E-state index contributed by atoms with van der Waals surface area (Å²) in [5.74, 6) is 0. The van der Waals surface area contributed by atoms with Gasteiger partial charge in [-0.2, -0.15) is 0 Å². The van der Waals surface area contributed by atoms with Crippen molar-refractivity contribution in [3.8, 4) is 0 Å². The zero-order valence-corrected chi connectivity index (χ0v) is 14.2. The van der Waals surface area contributed by atoms with Crippen LogP contribution in [0, 0.1) is 0 Å². The Bertz CT molecular complexity index is 754. The molecular formula is C23H23NO. The number of ether oxygens (including phenoxy) is 1. The van der Waals surface area contributed by atoms with Crippen LogP contribution in [-0.4, -0.2) is 0 Å². The van der Waals surface area contributed by atoms with E-state index in [0.717, 1.165) is 6.54 Å². The molecule has 3 aromatic rings. The summed E-state index contributed by atoms with van der Waals surface area (Å²) in [5, 5.41) is 3.58.